The van der Waals surface area contributed by atoms with Gasteiger partial charge in [0.25, 0.3) is 0 Å². The van der Waals surface area contributed by atoms with Crippen molar-refractivity contribution in [1.29, 1.82) is 0 Å². The van der Waals surface area contributed by atoms with E-state index in [2.05, 4.69) is 44.4 Å². The summed E-state index contributed by atoms with van der Waals surface area (Å²) in [6, 6.07) is 0. The van der Waals surface area contributed by atoms with Gasteiger partial charge in [-0.1, -0.05) is 6.58 Å². The van der Waals surface area contributed by atoms with Crippen molar-refractivity contribution in [1.82, 2.24) is 0 Å². The third-order valence-corrected chi connectivity index (χ3v) is 3.01. The average Bonchev–Trinajstić information content (AvgIpc) is 2.27. The Kier molecular flexibility index (Phi) is 11.4. The molecular formula is C13H16OV3. The van der Waals surface area contributed by atoms with Crippen LogP contribution in [0.4, 0.5) is 0 Å². The number of rotatable bonds is 2. The molecule has 2 rings (SSSR count). The minimum Gasteiger partial charge on any atom is -0.504 e. The molecule has 0 aliphatic heterocycles. The van der Waals surface area contributed by atoms with E-state index in [4.69, 9.17) is 4.74 Å². The Hall–Kier alpha value is 0.773. The Morgan fingerprint density at radius 2 is 1.82 bits per heavy atom. The maximum absolute atomic E-state index is 5.18. The summed E-state index contributed by atoms with van der Waals surface area (Å²) in [4.78, 5) is 0. The van der Waals surface area contributed by atoms with Crippen molar-refractivity contribution in [3.63, 3.8) is 0 Å². The standard InChI is InChI=1S/C13H16O.3V/c1-10(14-2)12-8-7-11-5-3-4-6-13(11)9-12;;;/h3-7,9,11-13H,1,8H2,2H3;;;/q-4;;2*+2. The van der Waals surface area contributed by atoms with E-state index < -0.39 is 0 Å². The van der Waals surface area contributed by atoms with E-state index in [0.717, 1.165) is 12.2 Å². The van der Waals surface area contributed by atoms with E-state index in [9.17, 15) is 0 Å². The molecule has 2 aliphatic carbocycles. The van der Waals surface area contributed by atoms with Gasteiger partial charge in [-0.3, -0.25) is 11.8 Å². The maximum atomic E-state index is 5.18. The van der Waals surface area contributed by atoms with Crippen LogP contribution in [0.1, 0.15) is 6.42 Å². The number of hydrogen-bond donors (Lipinski definition) is 0. The first-order valence-electron chi connectivity index (χ1n) is 5.07. The molecule has 3 radical (unpaired) electrons. The molecule has 3 atom stereocenters. The largest absolute Gasteiger partial charge is 2.00 e. The Labute approximate surface area is 141 Å². The van der Waals surface area contributed by atoms with Gasteiger partial charge >= 0.3 is 37.1 Å². The number of hydrogen-bond acceptors (Lipinski definition) is 1. The molecule has 0 amide bonds. The minimum absolute atomic E-state index is 0. The summed E-state index contributed by atoms with van der Waals surface area (Å²) in [5.41, 5.74) is 0. The molecule has 0 aromatic rings. The molecule has 17 heavy (non-hydrogen) atoms. The monoisotopic (exact) mass is 341 g/mol. The Morgan fingerprint density at radius 3 is 2.41 bits per heavy atom. The molecule has 0 bridgehead atoms. The molecule has 0 aromatic carbocycles. The first-order valence-corrected chi connectivity index (χ1v) is 5.07. The van der Waals surface area contributed by atoms with Gasteiger partial charge in [0.2, 0.25) is 0 Å². The van der Waals surface area contributed by atoms with Crippen LogP contribution in [0, 0.1) is 43.4 Å². The van der Waals surface area contributed by atoms with Gasteiger partial charge in [-0.15, -0.1) is 5.92 Å². The summed E-state index contributed by atoms with van der Waals surface area (Å²) < 4.78 is 5.18. The fourth-order valence-electron chi connectivity index (χ4n) is 2.11. The van der Waals surface area contributed by atoms with E-state index in [-0.39, 0.29) is 55.7 Å². The van der Waals surface area contributed by atoms with E-state index in [1.165, 1.54) is 0 Å². The van der Waals surface area contributed by atoms with E-state index >= 15 is 0 Å². The van der Waals surface area contributed by atoms with Crippen LogP contribution in [-0.2, 0) is 60.4 Å². The molecule has 2 aliphatic rings. The fraction of sp³-hybridized carbons (Fsp3) is 0.385. The van der Waals surface area contributed by atoms with Crippen molar-refractivity contribution in [3.8, 4) is 0 Å². The molecule has 1 nitrogen and oxygen atoms in total. The molecule has 0 aromatic heterocycles. The average molecular weight is 341 g/mol. The van der Waals surface area contributed by atoms with Crippen LogP contribution >= 0.6 is 0 Å². The van der Waals surface area contributed by atoms with Crippen molar-refractivity contribution >= 4 is 0 Å². The Morgan fingerprint density at radius 1 is 1.24 bits per heavy atom. The van der Waals surface area contributed by atoms with Crippen LogP contribution in [0.3, 0.4) is 0 Å². The van der Waals surface area contributed by atoms with Crippen LogP contribution in [-0.4, -0.2) is 7.11 Å². The molecule has 1 saturated carbocycles. The summed E-state index contributed by atoms with van der Waals surface area (Å²) in [6.07, 6.45) is 14.5. The van der Waals surface area contributed by atoms with E-state index in [1.807, 2.05) is 0 Å². The van der Waals surface area contributed by atoms with Gasteiger partial charge in [-0.2, -0.15) is 6.42 Å². The maximum Gasteiger partial charge on any atom is 2.00 e. The first kappa shape index (κ1) is 20.1. The molecular weight excluding hydrogens is 325 g/mol. The molecule has 3 unspecified atom stereocenters. The molecule has 4 heteroatoms. The number of allylic oxidation sites excluding steroid dienone is 3. The van der Waals surface area contributed by atoms with Gasteiger partial charge in [0.1, 0.15) is 0 Å². The second-order valence-corrected chi connectivity index (χ2v) is 3.87. The first-order chi connectivity index (χ1) is 6.81. The van der Waals surface area contributed by atoms with Gasteiger partial charge in [0.15, 0.2) is 0 Å². The molecule has 0 N–H and O–H groups in total. The Bertz CT molecular complexity index is 253. The summed E-state index contributed by atoms with van der Waals surface area (Å²) in [5.74, 6) is 2.38. The smallest absolute Gasteiger partial charge is 0.504 e. The quantitative estimate of drug-likeness (QED) is 0.555. The van der Waals surface area contributed by atoms with E-state index in [1.54, 1.807) is 7.11 Å². The summed E-state index contributed by atoms with van der Waals surface area (Å²) >= 11 is 0. The third kappa shape index (κ3) is 5.11. The SMILES string of the molecule is C=C(OC)C1[CH-]C2[CH-]C=C[CH-]C2[CH-]C1.[V+2].[V+2].[V]. The number of ether oxygens (including phenoxy) is 1. The zero-order valence-corrected chi connectivity index (χ0v) is 14.1. The van der Waals surface area contributed by atoms with Crippen LogP contribution in [0.15, 0.2) is 24.5 Å². The summed E-state index contributed by atoms with van der Waals surface area (Å²) in [7, 11) is 1.69. The molecule has 0 saturated heterocycles. The van der Waals surface area contributed by atoms with Gasteiger partial charge in [0, 0.05) is 18.6 Å². The fourth-order valence-corrected chi connectivity index (χ4v) is 2.11. The second kappa shape index (κ2) is 9.67. The van der Waals surface area contributed by atoms with Gasteiger partial charge < -0.3 is 42.6 Å². The predicted octanol–water partition coefficient (Wildman–Crippen LogP) is 2.78. The molecule has 0 spiro atoms. The summed E-state index contributed by atoms with van der Waals surface area (Å²) in [5, 5.41) is 0. The normalized spacial score (nSPS) is 28.9. The van der Waals surface area contributed by atoms with Gasteiger partial charge in [-0.25, -0.2) is 0 Å². The van der Waals surface area contributed by atoms with Crippen LogP contribution in [0.25, 0.3) is 0 Å². The van der Waals surface area contributed by atoms with E-state index in [0.29, 0.717) is 17.8 Å². The Balaban J connectivity index is 0. The van der Waals surface area contributed by atoms with Crippen molar-refractivity contribution in [2.45, 2.75) is 6.42 Å². The van der Waals surface area contributed by atoms with Crippen molar-refractivity contribution in [2.75, 3.05) is 7.11 Å². The predicted molar refractivity (Wildman–Crippen MR) is 57.6 cm³/mol. The molecule has 1 fully saturated rings. The zero-order valence-electron chi connectivity index (χ0n) is 9.86. The molecule has 89 valence electrons. The third-order valence-electron chi connectivity index (χ3n) is 3.01. The number of methoxy groups -OCH3 is 1. The van der Waals surface area contributed by atoms with Crippen LogP contribution < -0.4 is 0 Å². The zero-order chi connectivity index (χ0) is 9.97. The van der Waals surface area contributed by atoms with Crippen molar-refractivity contribution < 1.29 is 60.4 Å². The van der Waals surface area contributed by atoms with Crippen LogP contribution in [0.5, 0.6) is 0 Å². The van der Waals surface area contributed by atoms with Crippen molar-refractivity contribution in [2.24, 2.45) is 17.8 Å². The summed E-state index contributed by atoms with van der Waals surface area (Å²) in [6.45, 7) is 3.92. The van der Waals surface area contributed by atoms with Crippen LogP contribution in [0.2, 0.25) is 0 Å². The van der Waals surface area contributed by atoms with Crippen molar-refractivity contribution in [3.05, 3.63) is 50.2 Å². The second-order valence-electron chi connectivity index (χ2n) is 3.87. The molecule has 0 heterocycles. The minimum atomic E-state index is 0. The van der Waals surface area contributed by atoms with Gasteiger partial charge in [0.05, 0.1) is 12.9 Å². The number of fused-ring (bicyclic) bond motifs is 1. The topological polar surface area (TPSA) is 9.23 Å². The van der Waals surface area contributed by atoms with Gasteiger partial charge in [-0.05, 0) is 0 Å².